The van der Waals surface area contributed by atoms with Crippen LogP contribution in [0.25, 0.3) is 0 Å². The first kappa shape index (κ1) is 12.4. The van der Waals surface area contributed by atoms with Gasteiger partial charge in [-0.05, 0) is 13.3 Å². The van der Waals surface area contributed by atoms with E-state index in [9.17, 15) is 4.79 Å². The van der Waals surface area contributed by atoms with Crippen LogP contribution in [0.1, 0.15) is 27.2 Å². The molecule has 0 bridgehead atoms. The lowest BCUT2D eigenvalue weighted by Crippen LogP contribution is -2.44. The Bertz CT molecular complexity index is 156. The highest BCUT2D eigenvalue weighted by molar-refractivity contribution is 5.79. The normalized spacial score (nSPS) is 17.6. The minimum atomic E-state index is -0.208. The van der Waals surface area contributed by atoms with E-state index in [-0.39, 0.29) is 30.5 Å². The van der Waals surface area contributed by atoms with Crippen molar-refractivity contribution in [3.63, 3.8) is 0 Å². The number of hydrogen-bond acceptors (Lipinski definition) is 3. The summed E-state index contributed by atoms with van der Waals surface area (Å²) in [5.41, 5.74) is 5.57. The van der Waals surface area contributed by atoms with E-state index in [1.807, 2.05) is 6.92 Å². The summed E-state index contributed by atoms with van der Waals surface area (Å²) in [5.74, 6) is -0.295. The number of carbonyl (C=O) groups is 1. The molecule has 4 heteroatoms. The molecule has 3 atom stereocenters. The van der Waals surface area contributed by atoms with Gasteiger partial charge in [-0.25, -0.2) is 0 Å². The smallest absolute Gasteiger partial charge is 0.224 e. The molecule has 4 N–H and O–H groups in total. The summed E-state index contributed by atoms with van der Waals surface area (Å²) < 4.78 is 0. The molecule has 0 aliphatic rings. The van der Waals surface area contributed by atoms with E-state index in [0.717, 1.165) is 6.42 Å². The highest BCUT2D eigenvalue weighted by atomic mass is 16.3. The Morgan fingerprint density at radius 2 is 2.08 bits per heavy atom. The lowest BCUT2D eigenvalue weighted by atomic mass is 10.0. The first-order valence-corrected chi connectivity index (χ1v) is 4.69. The Labute approximate surface area is 79.5 Å². The molecule has 0 spiro atoms. The van der Waals surface area contributed by atoms with E-state index >= 15 is 0 Å². The summed E-state index contributed by atoms with van der Waals surface area (Å²) in [6, 6.07) is -0.301. The molecule has 0 rings (SSSR count). The zero-order valence-electron chi connectivity index (χ0n) is 8.58. The Kier molecular flexibility index (Phi) is 5.66. The van der Waals surface area contributed by atoms with Crippen molar-refractivity contribution in [2.24, 2.45) is 11.7 Å². The van der Waals surface area contributed by atoms with Gasteiger partial charge in [0.25, 0.3) is 0 Å². The van der Waals surface area contributed by atoms with E-state index < -0.39 is 0 Å². The summed E-state index contributed by atoms with van der Waals surface area (Å²) in [7, 11) is 0. The van der Waals surface area contributed by atoms with Crippen molar-refractivity contribution in [3.8, 4) is 0 Å². The van der Waals surface area contributed by atoms with E-state index in [2.05, 4.69) is 5.32 Å². The predicted molar refractivity (Wildman–Crippen MR) is 52.1 cm³/mol. The van der Waals surface area contributed by atoms with Crippen molar-refractivity contribution in [2.45, 2.75) is 39.3 Å². The van der Waals surface area contributed by atoms with Gasteiger partial charge in [-0.15, -0.1) is 0 Å². The van der Waals surface area contributed by atoms with Crippen molar-refractivity contribution in [2.75, 3.05) is 6.61 Å². The number of aliphatic hydroxyl groups is 1. The van der Waals surface area contributed by atoms with Gasteiger partial charge in [0.15, 0.2) is 0 Å². The number of carbonyl (C=O) groups excluding carboxylic acids is 1. The van der Waals surface area contributed by atoms with E-state index in [0.29, 0.717) is 0 Å². The van der Waals surface area contributed by atoms with Crippen LogP contribution >= 0.6 is 0 Å². The third-order valence-corrected chi connectivity index (χ3v) is 2.26. The van der Waals surface area contributed by atoms with Crippen LogP contribution in [0.3, 0.4) is 0 Å². The van der Waals surface area contributed by atoms with Crippen molar-refractivity contribution >= 4 is 5.91 Å². The molecule has 0 aliphatic carbocycles. The van der Waals surface area contributed by atoms with Crippen molar-refractivity contribution in [1.82, 2.24) is 5.32 Å². The maximum Gasteiger partial charge on any atom is 0.224 e. The molecule has 78 valence electrons. The zero-order chi connectivity index (χ0) is 10.4. The Hall–Kier alpha value is -0.610. The third-order valence-electron chi connectivity index (χ3n) is 2.26. The number of aliphatic hydroxyl groups excluding tert-OH is 1. The molecule has 1 amide bonds. The quantitative estimate of drug-likeness (QED) is 0.562. The van der Waals surface area contributed by atoms with Gasteiger partial charge in [-0.2, -0.15) is 0 Å². The summed E-state index contributed by atoms with van der Waals surface area (Å²) in [5, 5.41) is 11.6. The highest BCUT2D eigenvalue weighted by Gasteiger charge is 2.18. The van der Waals surface area contributed by atoms with Crippen LogP contribution in [-0.2, 0) is 4.79 Å². The van der Waals surface area contributed by atoms with Crippen LogP contribution < -0.4 is 11.1 Å². The molecule has 0 aliphatic heterocycles. The molecule has 0 aromatic heterocycles. The maximum absolute atomic E-state index is 11.4. The van der Waals surface area contributed by atoms with Gasteiger partial charge in [-0.3, -0.25) is 4.79 Å². The SMILES string of the molecule is CCC(CO)NC(=O)C(C)C(C)N. The van der Waals surface area contributed by atoms with E-state index in [4.69, 9.17) is 10.8 Å². The fourth-order valence-corrected chi connectivity index (χ4v) is 0.848. The summed E-state index contributed by atoms with van der Waals surface area (Å²) in [6.07, 6.45) is 0.730. The zero-order valence-corrected chi connectivity index (χ0v) is 8.58. The second-order valence-corrected chi connectivity index (χ2v) is 3.44. The van der Waals surface area contributed by atoms with Crippen LogP contribution in [0.15, 0.2) is 0 Å². The summed E-state index contributed by atoms with van der Waals surface area (Å²) in [6.45, 7) is 5.47. The molecule has 3 unspecified atom stereocenters. The highest BCUT2D eigenvalue weighted by Crippen LogP contribution is 2.01. The van der Waals surface area contributed by atoms with Crippen LogP contribution in [-0.4, -0.2) is 29.7 Å². The number of nitrogens with one attached hydrogen (secondary N) is 1. The van der Waals surface area contributed by atoms with Gasteiger partial charge in [0.05, 0.1) is 12.6 Å². The average molecular weight is 188 g/mol. The fourth-order valence-electron chi connectivity index (χ4n) is 0.848. The lowest BCUT2D eigenvalue weighted by molar-refractivity contribution is -0.126. The molecular formula is C9H20N2O2. The molecule has 0 aromatic rings. The number of hydrogen-bond donors (Lipinski definition) is 3. The molecule has 0 saturated carbocycles. The number of rotatable bonds is 5. The molecular weight excluding hydrogens is 168 g/mol. The van der Waals surface area contributed by atoms with Crippen molar-refractivity contribution in [1.29, 1.82) is 0 Å². The summed E-state index contributed by atoms with van der Waals surface area (Å²) >= 11 is 0. The lowest BCUT2D eigenvalue weighted by Gasteiger charge is -2.19. The number of amides is 1. The molecule has 0 radical (unpaired) electrons. The number of nitrogens with two attached hydrogens (primary N) is 1. The maximum atomic E-state index is 11.4. The first-order chi connectivity index (χ1) is 6.02. The fraction of sp³-hybridized carbons (Fsp3) is 0.889. The van der Waals surface area contributed by atoms with Gasteiger partial charge < -0.3 is 16.2 Å². The Balaban J connectivity index is 3.98. The van der Waals surface area contributed by atoms with Gasteiger partial charge in [0.2, 0.25) is 5.91 Å². The standard InChI is InChI=1S/C9H20N2O2/c1-4-8(5-12)11-9(13)6(2)7(3)10/h6-8,12H,4-5,10H2,1-3H3,(H,11,13). The molecule has 4 nitrogen and oxygen atoms in total. The average Bonchev–Trinajstić information content (AvgIpc) is 2.12. The van der Waals surface area contributed by atoms with Crippen LogP contribution in [0.5, 0.6) is 0 Å². The Morgan fingerprint density at radius 3 is 2.38 bits per heavy atom. The molecule has 0 aromatic carbocycles. The van der Waals surface area contributed by atoms with Crippen LogP contribution in [0.2, 0.25) is 0 Å². The van der Waals surface area contributed by atoms with Crippen LogP contribution in [0, 0.1) is 5.92 Å². The first-order valence-electron chi connectivity index (χ1n) is 4.69. The predicted octanol–water partition coefficient (Wildman–Crippen LogP) is -0.143. The molecule has 13 heavy (non-hydrogen) atoms. The second kappa shape index (κ2) is 5.94. The third kappa shape index (κ3) is 4.24. The van der Waals surface area contributed by atoms with Crippen molar-refractivity contribution < 1.29 is 9.90 Å². The Morgan fingerprint density at radius 1 is 1.54 bits per heavy atom. The van der Waals surface area contributed by atoms with Gasteiger partial charge in [0.1, 0.15) is 0 Å². The van der Waals surface area contributed by atoms with Gasteiger partial charge in [-0.1, -0.05) is 13.8 Å². The van der Waals surface area contributed by atoms with E-state index in [1.165, 1.54) is 0 Å². The second-order valence-electron chi connectivity index (χ2n) is 3.44. The minimum absolute atomic E-state index is 0.0199. The molecule has 0 heterocycles. The van der Waals surface area contributed by atoms with E-state index in [1.54, 1.807) is 13.8 Å². The van der Waals surface area contributed by atoms with Gasteiger partial charge >= 0.3 is 0 Å². The molecule has 0 fully saturated rings. The topological polar surface area (TPSA) is 75.3 Å². The minimum Gasteiger partial charge on any atom is -0.394 e. The summed E-state index contributed by atoms with van der Waals surface area (Å²) in [4.78, 5) is 11.4. The van der Waals surface area contributed by atoms with Crippen molar-refractivity contribution in [3.05, 3.63) is 0 Å². The van der Waals surface area contributed by atoms with Gasteiger partial charge in [0, 0.05) is 12.0 Å². The van der Waals surface area contributed by atoms with Crippen LogP contribution in [0.4, 0.5) is 0 Å². The largest absolute Gasteiger partial charge is 0.394 e. The molecule has 0 saturated heterocycles. The monoisotopic (exact) mass is 188 g/mol.